The van der Waals surface area contributed by atoms with Gasteiger partial charge in [-0.1, -0.05) is 29.8 Å². The Bertz CT molecular complexity index is 2000. The number of halogens is 1. The molecule has 1 N–H and O–H groups in total. The number of carbonyl (C=O) groups is 1. The summed E-state index contributed by atoms with van der Waals surface area (Å²) in [5.41, 5.74) is -1.75. The Balaban J connectivity index is 1.51. The van der Waals surface area contributed by atoms with Crippen molar-refractivity contribution in [2.75, 3.05) is 59.6 Å². The first-order valence-electron chi connectivity index (χ1n) is 14.3. The van der Waals surface area contributed by atoms with Gasteiger partial charge in [0.1, 0.15) is 5.66 Å². The Morgan fingerprint density at radius 2 is 1.60 bits per heavy atom. The minimum Gasteiger partial charge on any atom is -0.319 e. The molecule has 3 aliphatic rings. The largest absolute Gasteiger partial charge is 0.319 e. The zero-order valence-electron chi connectivity index (χ0n) is 25.0. The van der Waals surface area contributed by atoms with Gasteiger partial charge in [-0.25, -0.2) is 33.5 Å². The Morgan fingerprint density at radius 1 is 0.933 bits per heavy atom. The molecule has 6 rings (SSSR count). The van der Waals surface area contributed by atoms with Crippen LogP contribution in [0.3, 0.4) is 0 Å². The number of rotatable bonds is 7. The Morgan fingerprint density at radius 3 is 2.24 bits per heavy atom. The summed E-state index contributed by atoms with van der Waals surface area (Å²) >= 11 is 6.21. The second-order valence-electron chi connectivity index (χ2n) is 12.1. The summed E-state index contributed by atoms with van der Waals surface area (Å²) in [6, 6.07) is 13.1. The third-order valence-electron chi connectivity index (χ3n) is 9.48. The fourth-order valence-corrected chi connectivity index (χ4v) is 11.1. The van der Waals surface area contributed by atoms with E-state index in [9.17, 15) is 30.0 Å². The highest BCUT2D eigenvalue weighted by Gasteiger charge is 2.63. The summed E-state index contributed by atoms with van der Waals surface area (Å²) in [4.78, 5) is 17.4. The highest BCUT2D eigenvalue weighted by Crippen LogP contribution is 2.45. The third-order valence-corrected chi connectivity index (χ3v) is 14.6. The lowest BCUT2D eigenvalue weighted by Gasteiger charge is -2.51. The van der Waals surface area contributed by atoms with Crippen LogP contribution in [0.2, 0.25) is 5.02 Å². The molecule has 1 unspecified atom stereocenters. The highest BCUT2D eigenvalue weighted by atomic mass is 35.5. The lowest BCUT2D eigenvalue weighted by Crippen LogP contribution is -2.71. The second-order valence-corrected chi connectivity index (χ2v) is 18.3. The number of aromatic nitrogens is 1. The highest BCUT2D eigenvalue weighted by molar-refractivity contribution is 7.92. The molecule has 45 heavy (non-hydrogen) atoms. The molecule has 244 valence electrons. The number of piperidine rings is 1. The standard InChI is InChI=1S/C28H35ClN6O7S3/c1-31(43(3,37)38)19-28-20-33(17-25(36)34(28)18-27(32(28)2)11-13-30-14-12-27)45(41,42)26-16-21-15-22(29)9-10-24(21)35(26)44(39,40)23-7-5-4-6-8-23/h4-10,15-16,30H,11-14,17-20H2,1-3H3. The molecular formula is C28H35ClN6O7S3. The smallest absolute Gasteiger partial charge is 0.269 e. The fraction of sp³-hybridized carbons (Fsp3) is 0.464. The molecule has 1 amide bonds. The maximum Gasteiger partial charge on any atom is 0.269 e. The van der Waals surface area contributed by atoms with Crippen molar-refractivity contribution in [3.63, 3.8) is 0 Å². The predicted octanol–water partition coefficient (Wildman–Crippen LogP) is 1.02. The van der Waals surface area contributed by atoms with Crippen molar-refractivity contribution in [2.45, 2.75) is 34.0 Å². The lowest BCUT2D eigenvalue weighted by molar-refractivity contribution is -0.147. The molecule has 0 saturated carbocycles. The first-order chi connectivity index (χ1) is 21.0. The molecule has 0 bridgehead atoms. The van der Waals surface area contributed by atoms with Crippen molar-refractivity contribution in [3.05, 3.63) is 59.6 Å². The van der Waals surface area contributed by atoms with E-state index >= 15 is 0 Å². The van der Waals surface area contributed by atoms with Gasteiger partial charge in [0.05, 0.1) is 36.3 Å². The second kappa shape index (κ2) is 11.0. The Kier molecular flexibility index (Phi) is 7.92. The van der Waals surface area contributed by atoms with Crippen LogP contribution in [0.15, 0.2) is 64.5 Å². The van der Waals surface area contributed by atoms with Gasteiger partial charge in [-0.05, 0) is 69.4 Å². The number of benzene rings is 2. The van der Waals surface area contributed by atoms with Crippen LogP contribution in [-0.4, -0.2) is 124 Å². The number of likely N-dealkylation sites (N-methyl/N-ethyl adjacent to an activating group) is 2. The molecule has 3 saturated heterocycles. The van der Waals surface area contributed by atoms with Gasteiger partial charge in [0, 0.05) is 29.5 Å². The molecule has 1 aromatic heterocycles. The molecule has 1 spiro atoms. The van der Waals surface area contributed by atoms with E-state index in [-0.39, 0.29) is 33.9 Å². The zero-order chi connectivity index (χ0) is 32.6. The lowest BCUT2D eigenvalue weighted by atomic mass is 9.87. The first-order valence-corrected chi connectivity index (χ1v) is 19.4. The first kappa shape index (κ1) is 32.4. The van der Waals surface area contributed by atoms with Gasteiger partial charge in [-0.15, -0.1) is 0 Å². The molecular weight excluding hydrogens is 664 g/mol. The maximum absolute atomic E-state index is 14.7. The minimum atomic E-state index is -4.69. The topological polar surface area (TPSA) is 149 Å². The molecule has 17 heteroatoms. The zero-order valence-corrected chi connectivity index (χ0v) is 28.3. The van der Waals surface area contributed by atoms with Crippen LogP contribution in [0.4, 0.5) is 0 Å². The summed E-state index contributed by atoms with van der Waals surface area (Å²) < 4.78 is 85.6. The summed E-state index contributed by atoms with van der Waals surface area (Å²) in [7, 11) is -9.64. The monoisotopic (exact) mass is 698 g/mol. The van der Waals surface area contributed by atoms with Crippen LogP contribution in [-0.2, 0) is 34.9 Å². The van der Waals surface area contributed by atoms with Crippen molar-refractivity contribution in [1.29, 1.82) is 0 Å². The molecule has 3 fully saturated rings. The Labute approximate surface area is 268 Å². The van der Waals surface area contributed by atoms with E-state index in [1.165, 1.54) is 55.6 Å². The van der Waals surface area contributed by atoms with Crippen LogP contribution in [0.1, 0.15) is 12.8 Å². The average molecular weight is 699 g/mol. The summed E-state index contributed by atoms with van der Waals surface area (Å²) in [5.74, 6) is -0.495. The number of piperazine rings is 1. The van der Waals surface area contributed by atoms with Gasteiger partial charge >= 0.3 is 0 Å². The SMILES string of the molecule is CN1C2(CCNCC2)CN2C(=O)CN(S(=O)(=O)c3cc4cc(Cl)ccc4n3S(=O)(=O)c3ccccc3)CC21CN(C)S(C)(=O)=O. The van der Waals surface area contributed by atoms with Gasteiger partial charge in [-0.2, -0.15) is 4.31 Å². The molecule has 0 aliphatic carbocycles. The number of sulfonamides is 2. The maximum atomic E-state index is 14.7. The van der Waals surface area contributed by atoms with Crippen LogP contribution in [0.25, 0.3) is 10.9 Å². The third kappa shape index (κ3) is 5.19. The van der Waals surface area contributed by atoms with Crippen molar-refractivity contribution < 1.29 is 30.0 Å². The van der Waals surface area contributed by atoms with Crippen molar-refractivity contribution in [1.82, 2.24) is 27.7 Å². The number of nitrogens with zero attached hydrogens (tertiary/aromatic N) is 5. The van der Waals surface area contributed by atoms with E-state index in [0.717, 1.165) is 18.8 Å². The average Bonchev–Trinajstić information content (AvgIpc) is 3.48. The van der Waals surface area contributed by atoms with E-state index in [1.54, 1.807) is 11.0 Å². The van der Waals surface area contributed by atoms with Gasteiger partial charge in [0.2, 0.25) is 15.9 Å². The van der Waals surface area contributed by atoms with E-state index in [0.29, 0.717) is 32.5 Å². The minimum absolute atomic E-state index is 0.102. The van der Waals surface area contributed by atoms with E-state index in [1.807, 2.05) is 11.9 Å². The molecule has 3 aliphatic heterocycles. The molecule has 3 aromatic rings. The molecule has 1 atom stereocenters. The molecule has 2 aromatic carbocycles. The Hall–Kier alpha value is -2.57. The number of carbonyl (C=O) groups excluding carboxylic acids is 1. The van der Waals surface area contributed by atoms with Crippen molar-refractivity contribution >= 4 is 58.5 Å². The molecule has 0 radical (unpaired) electrons. The van der Waals surface area contributed by atoms with E-state index < -0.39 is 58.7 Å². The molecule has 13 nitrogen and oxygen atoms in total. The summed E-state index contributed by atoms with van der Waals surface area (Å²) in [6.45, 7) is 0.689. The normalized spacial score (nSPS) is 23.3. The number of hydrogen-bond acceptors (Lipinski definition) is 9. The van der Waals surface area contributed by atoms with Crippen LogP contribution in [0, 0.1) is 0 Å². The van der Waals surface area contributed by atoms with E-state index in [4.69, 9.17) is 11.6 Å². The summed E-state index contributed by atoms with van der Waals surface area (Å²) in [5, 5.41) is 3.34. The van der Waals surface area contributed by atoms with Crippen LogP contribution in [0.5, 0.6) is 0 Å². The number of amides is 1. The van der Waals surface area contributed by atoms with Crippen LogP contribution >= 0.6 is 11.6 Å². The number of fused-ring (bicyclic) bond motifs is 2. The van der Waals surface area contributed by atoms with Gasteiger partial charge in [-0.3, -0.25) is 9.69 Å². The van der Waals surface area contributed by atoms with Crippen LogP contribution < -0.4 is 5.32 Å². The van der Waals surface area contributed by atoms with Crippen molar-refractivity contribution in [3.8, 4) is 0 Å². The van der Waals surface area contributed by atoms with Gasteiger partial charge in [0.25, 0.3) is 20.0 Å². The summed E-state index contributed by atoms with van der Waals surface area (Å²) in [6.07, 6.45) is 2.41. The van der Waals surface area contributed by atoms with E-state index in [2.05, 4.69) is 5.32 Å². The number of nitrogens with one attached hydrogen (secondary N) is 1. The number of hydrogen-bond donors (Lipinski definition) is 1. The van der Waals surface area contributed by atoms with Gasteiger partial charge in [0.15, 0.2) is 5.03 Å². The van der Waals surface area contributed by atoms with Gasteiger partial charge < -0.3 is 10.2 Å². The molecule has 4 heterocycles. The van der Waals surface area contributed by atoms with Crippen molar-refractivity contribution in [2.24, 2.45) is 0 Å². The fourth-order valence-electron chi connectivity index (χ4n) is 6.92. The predicted molar refractivity (Wildman–Crippen MR) is 169 cm³/mol. The quantitative estimate of drug-likeness (QED) is 0.382.